The molecule has 6 heteroatoms. The zero-order valence-corrected chi connectivity index (χ0v) is 20.7. The molecule has 3 heterocycles. The maximum atomic E-state index is 12.6. The van der Waals surface area contributed by atoms with Crippen molar-refractivity contribution in [3.05, 3.63) is 40.8 Å². The van der Waals surface area contributed by atoms with E-state index in [1.807, 2.05) is 6.92 Å². The monoisotopic (exact) mass is 452 g/mol. The lowest BCUT2D eigenvalue weighted by atomic mass is 9.95. The average Bonchev–Trinajstić information content (AvgIpc) is 3.17. The standard InChI is InChI=1S/C27H40N4O2/c1-20-8-9-24(21(2)18-20)27-29-25(22(3)33-27)19-31-16-10-23(11-17-31)26(32)28-12-7-15-30-13-5-4-6-14-30/h8-9,18,23H,4-7,10-17,19H2,1-3H3,(H,28,32). The Morgan fingerprint density at radius 1 is 1.06 bits per heavy atom. The van der Waals surface area contributed by atoms with Crippen molar-refractivity contribution in [2.45, 2.75) is 65.8 Å². The summed E-state index contributed by atoms with van der Waals surface area (Å²) in [6, 6.07) is 6.36. The van der Waals surface area contributed by atoms with E-state index in [2.05, 4.69) is 47.2 Å². The van der Waals surface area contributed by atoms with Crippen molar-refractivity contribution in [1.29, 1.82) is 0 Å². The number of aromatic nitrogens is 1. The van der Waals surface area contributed by atoms with E-state index in [1.54, 1.807) is 0 Å². The first-order chi connectivity index (χ1) is 16.0. The van der Waals surface area contributed by atoms with Gasteiger partial charge < -0.3 is 14.6 Å². The number of benzene rings is 1. The fourth-order valence-corrected chi connectivity index (χ4v) is 5.15. The molecule has 0 radical (unpaired) electrons. The van der Waals surface area contributed by atoms with Gasteiger partial charge in [-0.05, 0) is 97.2 Å². The van der Waals surface area contributed by atoms with E-state index >= 15 is 0 Å². The van der Waals surface area contributed by atoms with Crippen LogP contribution in [0.4, 0.5) is 0 Å². The summed E-state index contributed by atoms with van der Waals surface area (Å²) in [5.74, 6) is 1.97. The number of carbonyl (C=O) groups excluding carboxylic acids is 1. The van der Waals surface area contributed by atoms with E-state index in [1.165, 1.54) is 43.5 Å². The second-order valence-electron chi connectivity index (χ2n) is 9.94. The number of aryl methyl sites for hydroxylation is 3. The Labute approximate surface area is 198 Å². The third kappa shape index (κ3) is 6.45. The molecule has 0 bridgehead atoms. The van der Waals surface area contributed by atoms with Gasteiger partial charge in [-0.1, -0.05) is 24.1 Å². The first kappa shape index (κ1) is 24.0. The lowest BCUT2D eigenvalue weighted by Gasteiger charge is -2.31. The molecule has 1 amide bonds. The molecular weight excluding hydrogens is 412 g/mol. The van der Waals surface area contributed by atoms with Crippen molar-refractivity contribution in [3.8, 4) is 11.5 Å². The first-order valence-corrected chi connectivity index (χ1v) is 12.8. The van der Waals surface area contributed by atoms with Crippen LogP contribution in [0.2, 0.25) is 0 Å². The number of hydrogen-bond donors (Lipinski definition) is 1. The average molecular weight is 453 g/mol. The number of nitrogens with one attached hydrogen (secondary N) is 1. The van der Waals surface area contributed by atoms with Crippen LogP contribution in [0.5, 0.6) is 0 Å². The number of piperidine rings is 2. The smallest absolute Gasteiger partial charge is 0.226 e. The summed E-state index contributed by atoms with van der Waals surface area (Å²) in [6.45, 7) is 13.2. The molecule has 1 N–H and O–H groups in total. The third-order valence-corrected chi connectivity index (χ3v) is 7.24. The summed E-state index contributed by atoms with van der Waals surface area (Å²) in [5, 5.41) is 3.18. The molecule has 2 aromatic rings. The van der Waals surface area contributed by atoms with Gasteiger partial charge in [0.15, 0.2) is 0 Å². The minimum absolute atomic E-state index is 0.139. The van der Waals surface area contributed by atoms with Crippen LogP contribution in [-0.4, -0.2) is 60.0 Å². The summed E-state index contributed by atoms with van der Waals surface area (Å²) in [5.41, 5.74) is 4.50. The Bertz CT molecular complexity index is 924. The Kier molecular flexibility index (Phi) is 8.20. The molecule has 6 nitrogen and oxygen atoms in total. The highest BCUT2D eigenvalue weighted by molar-refractivity contribution is 5.78. The van der Waals surface area contributed by atoms with E-state index in [0.717, 1.165) is 69.0 Å². The van der Waals surface area contributed by atoms with Crippen LogP contribution in [-0.2, 0) is 11.3 Å². The highest BCUT2D eigenvalue weighted by atomic mass is 16.4. The largest absolute Gasteiger partial charge is 0.441 e. The molecule has 180 valence electrons. The van der Waals surface area contributed by atoms with E-state index in [0.29, 0.717) is 5.89 Å². The van der Waals surface area contributed by atoms with Crippen molar-refractivity contribution in [1.82, 2.24) is 20.1 Å². The van der Waals surface area contributed by atoms with Crippen molar-refractivity contribution in [2.75, 3.05) is 39.3 Å². The van der Waals surface area contributed by atoms with E-state index < -0.39 is 0 Å². The zero-order valence-electron chi connectivity index (χ0n) is 20.7. The molecule has 0 unspecified atom stereocenters. The van der Waals surface area contributed by atoms with Gasteiger partial charge in [0.2, 0.25) is 11.8 Å². The van der Waals surface area contributed by atoms with Crippen LogP contribution < -0.4 is 5.32 Å². The fraction of sp³-hybridized carbons (Fsp3) is 0.630. The Morgan fingerprint density at radius 3 is 2.55 bits per heavy atom. The number of oxazole rings is 1. The van der Waals surface area contributed by atoms with Crippen molar-refractivity contribution in [2.24, 2.45) is 5.92 Å². The minimum atomic E-state index is 0.139. The number of likely N-dealkylation sites (tertiary alicyclic amines) is 2. The molecular formula is C27H40N4O2. The molecule has 2 aliphatic heterocycles. The summed E-state index contributed by atoms with van der Waals surface area (Å²) in [4.78, 5) is 22.4. The van der Waals surface area contributed by atoms with Gasteiger partial charge in [0.1, 0.15) is 5.76 Å². The SMILES string of the molecule is Cc1ccc(-c2nc(CN3CCC(C(=O)NCCCN4CCCCC4)CC3)c(C)o2)c(C)c1. The lowest BCUT2D eigenvalue weighted by molar-refractivity contribution is -0.126. The Balaban J connectivity index is 1.21. The highest BCUT2D eigenvalue weighted by Crippen LogP contribution is 2.27. The van der Waals surface area contributed by atoms with Crippen molar-refractivity contribution in [3.63, 3.8) is 0 Å². The van der Waals surface area contributed by atoms with Crippen LogP contribution in [0, 0.1) is 26.7 Å². The van der Waals surface area contributed by atoms with Gasteiger partial charge in [-0.25, -0.2) is 4.98 Å². The van der Waals surface area contributed by atoms with Gasteiger partial charge in [0.05, 0.1) is 5.69 Å². The second-order valence-corrected chi connectivity index (χ2v) is 9.94. The number of nitrogens with zero attached hydrogens (tertiary/aromatic N) is 3. The van der Waals surface area contributed by atoms with Gasteiger partial charge in [-0.3, -0.25) is 9.69 Å². The maximum Gasteiger partial charge on any atom is 0.226 e. The molecule has 0 saturated carbocycles. The Hall–Kier alpha value is -2.18. The molecule has 2 aliphatic rings. The van der Waals surface area contributed by atoms with Crippen molar-refractivity contribution < 1.29 is 9.21 Å². The van der Waals surface area contributed by atoms with Gasteiger partial charge in [-0.15, -0.1) is 0 Å². The summed E-state index contributed by atoms with van der Waals surface area (Å²) in [6.07, 6.45) is 6.91. The van der Waals surface area contributed by atoms with Gasteiger partial charge in [-0.2, -0.15) is 0 Å². The number of hydrogen-bond acceptors (Lipinski definition) is 5. The van der Waals surface area contributed by atoms with Crippen LogP contribution in [0.25, 0.3) is 11.5 Å². The maximum absolute atomic E-state index is 12.6. The molecule has 4 rings (SSSR count). The van der Waals surface area contributed by atoms with Crippen LogP contribution in [0.15, 0.2) is 22.6 Å². The van der Waals surface area contributed by atoms with Gasteiger partial charge in [0, 0.05) is 24.6 Å². The molecule has 0 spiro atoms. The minimum Gasteiger partial charge on any atom is -0.441 e. The van der Waals surface area contributed by atoms with E-state index in [-0.39, 0.29) is 11.8 Å². The highest BCUT2D eigenvalue weighted by Gasteiger charge is 2.26. The predicted octanol–water partition coefficient (Wildman–Crippen LogP) is 4.47. The first-order valence-electron chi connectivity index (χ1n) is 12.8. The van der Waals surface area contributed by atoms with Crippen LogP contribution in [0.1, 0.15) is 61.1 Å². The fourth-order valence-electron chi connectivity index (χ4n) is 5.15. The van der Waals surface area contributed by atoms with E-state index in [9.17, 15) is 4.79 Å². The molecule has 33 heavy (non-hydrogen) atoms. The van der Waals surface area contributed by atoms with E-state index in [4.69, 9.17) is 9.40 Å². The number of carbonyl (C=O) groups is 1. The predicted molar refractivity (Wildman–Crippen MR) is 132 cm³/mol. The number of rotatable bonds is 8. The topological polar surface area (TPSA) is 61.6 Å². The normalized spacial score (nSPS) is 18.5. The zero-order chi connectivity index (χ0) is 23.2. The second kappa shape index (κ2) is 11.3. The van der Waals surface area contributed by atoms with Crippen LogP contribution >= 0.6 is 0 Å². The van der Waals surface area contributed by atoms with Gasteiger partial charge in [0.25, 0.3) is 0 Å². The summed E-state index contributed by atoms with van der Waals surface area (Å²) in [7, 11) is 0. The summed E-state index contributed by atoms with van der Waals surface area (Å²) < 4.78 is 6.02. The van der Waals surface area contributed by atoms with Crippen LogP contribution in [0.3, 0.4) is 0 Å². The number of amides is 1. The van der Waals surface area contributed by atoms with Gasteiger partial charge >= 0.3 is 0 Å². The third-order valence-electron chi connectivity index (χ3n) is 7.24. The molecule has 1 aromatic carbocycles. The summed E-state index contributed by atoms with van der Waals surface area (Å²) >= 11 is 0. The molecule has 1 aromatic heterocycles. The quantitative estimate of drug-likeness (QED) is 0.599. The van der Waals surface area contributed by atoms with Crippen molar-refractivity contribution >= 4 is 5.91 Å². The molecule has 0 aliphatic carbocycles. The molecule has 0 atom stereocenters. The lowest BCUT2D eigenvalue weighted by Crippen LogP contribution is -2.41. The molecule has 2 fully saturated rings. The molecule has 2 saturated heterocycles. The Morgan fingerprint density at radius 2 is 1.82 bits per heavy atom.